The van der Waals surface area contributed by atoms with Crippen molar-refractivity contribution in [2.24, 2.45) is 11.7 Å². The molecule has 2 N–H and O–H groups in total. The summed E-state index contributed by atoms with van der Waals surface area (Å²) in [5.74, 6) is 1.40. The van der Waals surface area contributed by atoms with Gasteiger partial charge in [-0.25, -0.2) is 4.98 Å². The minimum absolute atomic E-state index is 0.400. The first-order valence-corrected chi connectivity index (χ1v) is 5.71. The SMILES string of the molecule is Cc1nnc(N(C)CC2CC(N)C2)nc1C. The number of aryl methyl sites for hydroxylation is 2. The summed E-state index contributed by atoms with van der Waals surface area (Å²) in [7, 11) is 2.01. The highest BCUT2D eigenvalue weighted by atomic mass is 15.3. The lowest BCUT2D eigenvalue weighted by molar-refractivity contribution is 0.270. The van der Waals surface area contributed by atoms with E-state index in [0.717, 1.165) is 30.8 Å². The summed E-state index contributed by atoms with van der Waals surface area (Å²) in [4.78, 5) is 6.49. The van der Waals surface area contributed by atoms with Crippen LogP contribution in [0.5, 0.6) is 0 Å². The van der Waals surface area contributed by atoms with Crippen LogP contribution in [0.2, 0.25) is 0 Å². The van der Waals surface area contributed by atoms with Crippen molar-refractivity contribution >= 4 is 5.95 Å². The molecular weight excluding hydrogens is 202 g/mol. The zero-order valence-electron chi connectivity index (χ0n) is 10.1. The van der Waals surface area contributed by atoms with Gasteiger partial charge in [0.15, 0.2) is 0 Å². The molecule has 2 rings (SSSR count). The van der Waals surface area contributed by atoms with Crippen molar-refractivity contribution in [3.05, 3.63) is 11.4 Å². The Morgan fingerprint density at radius 1 is 1.25 bits per heavy atom. The van der Waals surface area contributed by atoms with E-state index in [-0.39, 0.29) is 0 Å². The van der Waals surface area contributed by atoms with Crippen molar-refractivity contribution in [3.63, 3.8) is 0 Å². The normalized spacial score (nSPS) is 24.0. The van der Waals surface area contributed by atoms with Crippen LogP contribution < -0.4 is 10.6 Å². The lowest BCUT2D eigenvalue weighted by Crippen LogP contribution is -2.42. The van der Waals surface area contributed by atoms with E-state index in [4.69, 9.17) is 5.73 Å². The second-order valence-electron chi connectivity index (χ2n) is 4.76. The fraction of sp³-hybridized carbons (Fsp3) is 0.727. The van der Waals surface area contributed by atoms with Crippen molar-refractivity contribution < 1.29 is 0 Å². The summed E-state index contributed by atoms with van der Waals surface area (Å²) in [5, 5.41) is 8.19. The molecule has 1 aliphatic rings. The summed E-state index contributed by atoms with van der Waals surface area (Å²) in [5.41, 5.74) is 7.60. The Labute approximate surface area is 96.1 Å². The van der Waals surface area contributed by atoms with Gasteiger partial charge in [-0.05, 0) is 32.6 Å². The van der Waals surface area contributed by atoms with Crippen LogP contribution in [-0.2, 0) is 0 Å². The van der Waals surface area contributed by atoms with Gasteiger partial charge in [0.25, 0.3) is 0 Å². The third kappa shape index (κ3) is 2.29. The summed E-state index contributed by atoms with van der Waals surface area (Å²) < 4.78 is 0. The molecule has 0 amide bonds. The third-order valence-electron chi connectivity index (χ3n) is 3.23. The third-order valence-corrected chi connectivity index (χ3v) is 3.23. The van der Waals surface area contributed by atoms with Crippen LogP contribution in [0.25, 0.3) is 0 Å². The smallest absolute Gasteiger partial charge is 0.245 e. The van der Waals surface area contributed by atoms with Crippen molar-refractivity contribution in [1.82, 2.24) is 15.2 Å². The van der Waals surface area contributed by atoms with Crippen LogP contribution in [0.1, 0.15) is 24.2 Å². The van der Waals surface area contributed by atoms with Crippen LogP contribution >= 0.6 is 0 Å². The molecule has 1 aromatic rings. The molecule has 5 heteroatoms. The van der Waals surface area contributed by atoms with E-state index in [9.17, 15) is 0 Å². The topological polar surface area (TPSA) is 67.9 Å². The Morgan fingerprint density at radius 3 is 2.50 bits per heavy atom. The highest BCUT2D eigenvalue weighted by Crippen LogP contribution is 2.26. The van der Waals surface area contributed by atoms with Gasteiger partial charge in [0.2, 0.25) is 5.95 Å². The highest BCUT2D eigenvalue weighted by Gasteiger charge is 2.27. The largest absolute Gasteiger partial charge is 0.342 e. The minimum atomic E-state index is 0.400. The van der Waals surface area contributed by atoms with E-state index in [1.165, 1.54) is 0 Å². The molecular formula is C11H19N5. The van der Waals surface area contributed by atoms with E-state index in [2.05, 4.69) is 20.1 Å². The van der Waals surface area contributed by atoms with E-state index in [0.29, 0.717) is 17.9 Å². The van der Waals surface area contributed by atoms with Crippen molar-refractivity contribution in [3.8, 4) is 0 Å². The van der Waals surface area contributed by atoms with Crippen molar-refractivity contribution in [2.45, 2.75) is 32.7 Å². The monoisotopic (exact) mass is 221 g/mol. The number of nitrogens with zero attached hydrogens (tertiary/aromatic N) is 4. The molecule has 1 aliphatic carbocycles. The van der Waals surface area contributed by atoms with Gasteiger partial charge < -0.3 is 10.6 Å². The maximum Gasteiger partial charge on any atom is 0.245 e. The minimum Gasteiger partial charge on any atom is -0.342 e. The molecule has 0 spiro atoms. The zero-order valence-corrected chi connectivity index (χ0v) is 10.1. The van der Waals surface area contributed by atoms with Crippen molar-refractivity contribution in [1.29, 1.82) is 0 Å². The second kappa shape index (κ2) is 4.33. The molecule has 0 aliphatic heterocycles. The Kier molecular flexibility index (Phi) is 3.05. The molecule has 0 radical (unpaired) electrons. The molecule has 0 unspecified atom stereocenters. The van der Waals surface area contributed by atoms with Crippen LogP contribution in [0.15, 0.2) is 0 Å². The summed E-state index contributed by atoms with van der Waals surface area (Å²) in [6.45, 7) is 4.85. The molecule has 0 aromatic carbocycles. The maximum atomic E-state index is 5.77. The second-order valence-corrected chi connectivity index (χ2v) is 4.76. The van der Waals surface area contributed by atoms with Crippen molar-refractivity contribution in [2.75, 3.05) is 18.5 Å². The molecule has 88 valence electrons. The highest BCUT2D eigenvalue weighted by molar-refractivity contribution is 5.28. The van der Waals surface area contributed by atoms with Gasteiger partial charge >= 0.3 is 0 Å². The van der Waals surface area contributed by atoms with Gasteiger partial charge in [-0.1, -0.05) is 0 Å². The van der Waals surface area contributed by atoms with Gasteiger partial charge in [-0.3, -0.25) is 0 Å². The van der Waals surface area contributed by atoms with Crippen LogP contribution in [0, 0.1) is 19.8 Å². The first-order chi connectivity index (χ1) is 7.56. The van der Waals surface area contributed by atoms with Gasteiger partial charge in [-0.15, -0.1) is 5.10 Å². The zero-order chi connectivity index (χ0) is 11.7. The number of nitrogens with two attached hydrogens (primary N) is 1. The molecule has 1 heterocycles. The molecule has 0 saturated heterocycles. The van der Waals surface area contributed by atoms with E-state index >= 15 is 0 Å². The van der Waals surface area contributed by atoms with Crippen LogP contribution in [-0.4, -0.2) is 34.8 Å². The quantitative estimate of drug-likeness (QED) is 0.812. The van der Waals surface area contributed by atoms with Crippen LogP contribution in [0.3, 0.4) is 0 Å². The lowest BCUT2D eigenvalue weighted by atomic mass is 9.81. The summed E-state index contributed by atoms with van der Waals surface area (Å²) in [6.07, 6.45) is 2.23. The van der Waals surface area contributed by atoms with Gasteiger partial charge in [0.05, 0.1) is 11.4 Å². The summed E-state index contributed by atoms with van der Waals surface area (Å²) in [6, 6.07) is 0.400. The Bertz CT molecular complexity index is 373. The predicted molar refractivity (Wildman–Crippen MR) is 63.3 cm³/mol. The number of anilines is 1. The fourth-order valence-electron chi connectivity index (χ4n) is 2.01. The maximum absolute atomic E-state index is 5.77. The van der Waals surface area contributed by atoms with Gasteiger partial charge in [0.1, 0.15) is 0 Å². The average Bonchev–Trinajstić information content (AvgIpc) is 2.19. The number of hydrogen-bond donors (Lipinski definition) is 1. The molecule has 16 heavy (non-hydrogen) atoms. The van der Waals surface area contributed by atoms with Gasteiger partial charge in [-0.2, -0.15) is 5.10 Å². The number of rotatable bonds is 3. The number of hydrogen-bond acceptors (Lipinski definition) is 5. The first-order valence-electron chi connectivity index (χ1n) is 5.71. The van der Waals surface area contributed by atoms with Crippen LogP contribution in [0.4, 0.5) is 5.95 Å². The average molecular weight is 221 g/mol. The predicted octanol–water partition coefficient (Wildman–Crippen LogP) is 0.662. The molecule has 1 aromatic heterocycles. The molecule has 0 atom stereocenters. The Balaban J connectivity index is 1.97. The van der Waals surface area contributed by atoms with E-state index < -0.39 is 0 Å². The Hall–Kier alpha value is -1.23. The number of aromatic nitrogens is 3. The first kappa shape index (κ1) is 11.3. The molecule has 1 saturated carbocycles. The van der Waals surface area contributed by atoms with E-state index in [1.54, 1.807) is 0 Å². The van der Waals surface area contributed by atoms with Gasteiger partial charge in [0, 0.05) is 19.6 Å². The standard InChI is InChI=1S/C11H19N5/c1-7-8(2)14-15-11(13-7)16(3)6-9-4-10(12)5-9/h9-10H,4-6,12H2,1-3H3. The summed E-state index contributed by atoms with van der Waals surface area (Å²) >= 11 is 0. The molecule has 5 nitrogen and oxygen atoms in total. The Morgan fingerprint density at radius 2 is 1.94 bits per heavy atom. The molecule has 1 fully saturated rings. The lowest BCUT2D eigenvalue weighted by Gasteiger charge is -2.35. The van der Waals surface area contributed by atoms with E-state index in [1.807, 2.05) is 20.9 Å². The fourth-order valence-corrected chi connectivity index (χ4v) is 2.01. The molecule has 0 bridgehead atoms.